The number of carbonyl (C=O) groups is 2. The van der Waals surface area contributed by atoms with Gasteiger partial charge in [0.1, 0.15) is 35.8 Å². The van der Waals surface area contributed by atoms with Crippen molar-refractivity contribution in [3.63, 3.8) is 0 Å². The van der Waals surface area contributed by atoms with Crippen LogP contribution in [-0.2, 0) is 11.2 Å². The van der Waals surface area contributed by atoms with E-state index < -0.39 is 29.4 Å². The highest BCUT2D eigenvalue weighted by Gasteiger charge is 2.44. The molecule has 1 fully saturated rings. The number of benzene rings is 1. The summed E-state index contributed by atoms with van der Waals surface area (Å²) in [6.07, 6.45) is -2.35. The van der Waals surface area contributed by atoms with Crippen molar-refractivity contribution in [3.8, 4) is 0 Å². The van der Waals surface area contributed by atoms with Crippen LogP contribution in [0.1, 0.15) is 21.6 Å². The Morgan fingerprint density at radius 2 is 1.78 bits per heavy atom. The molecule has 1 aliphatic rings. The van der Waals surface area contributed by atoms with Gasteiger partial charge >= 0.3 is 18.0 Å². The number of rotatable bonds is 5. The summed E-state index contributed by atoms with van der Waals surface area (Å²) in [5.41, 5.74) is 0.803. The van der Waals surface area contributed by atoms with Crippen molar-refractivity contribution >= 4 is 46.4 Å². The van der Waals surface area contributed by atoms with Crippen LogP contribution >= 0.6 is 23.2 Å². The molecular formula is C26H20Cl2F4N5O4+. The van der Waals surface area contributed by atoms with Crippen molar-refractivity contribution in [1.29, 1.82) is 0 Å². The Morgan fingerprint density at radius 1 is 1.05 bits per heavy atom. The lowest BCUT2D eigenvalue weighted by Gasteiger charge is -2.31. The molecule has 1 amide bonds. The van der Waals surface area contributed by atoms with Crippen LogP contribution in [0.5, 0.6) is 0 Å². The maximum Gasteiger partial charge on any atom is 0.495 e. The zero-order chi connectivity index (χ0) is 29.5. The summed E-state index contributed by atoms with van der Waals surface area (Å²) in [6.45, 7) is 0.622. The van der Waals surface area contributed by atoms with E-state index >= 15 is 0 Å². The molecule has 1 N–H and O–H groups in total. The lowest BCUT2D eigenvalue weighted by Crippen LogP contribution is -2.57. The van der Waals surface area contributed by atoms with E-state index in [9.17, 15) is 31.9 Å². The first kappa shape index (κ1) is 28.4. The summed E-state index contributed by atoms with van der Waals surface area (Å²) in [4.78, 5) is 46.9. The van der Waals surface area contributed by atoms with Crippen molar-refractivity contribution < 1.29 is 36.7 Å². The number of pyridine rings is 1. The molecule has 41 heavy (non-hydrogen) atoms. The van der Waals surface area contributed by atoms with Crippen LogP contribution in [0, 0.1) is 5.82 Å². The first-order valence-corrected chi connectivity index (χ1v) is 12.9. The van der Waals surface area contributed by atoms with E-state index in [1.165, 1.54) is 58.1 Å². The minimum atomic E-state index is -5.17. The van der Waals surface area contributed by atoms with Gasteiger partial charge in [0.2, 0.25) is 0 Å². The van der Waals surface area contributed by atoms with Crippen LogP contribution in [0.25, 0.3) is 5.52 Å². The molecule has 9 nitrogen and oxygen atoms in total. The predicted molar refractivity (Wildman–Crippen MR) is 140 cm³/mol. The van der Waals surface area contributed by atoms with E-state index in [1.54, 1.807) is 11.0 Å². The largest absolute Gasteiger partial charge is 0.495 e. The van der Waals surface area contributed by atoms with Gasteiger partial charge in [0.05, 0.1) is 23.7 Å². The second-order valence-electron chi connectivity index (χ2n) is 9.14. The van der Waals surface area contributed by atoms with Gasteiger partial charge in [-0.3, -0.25) is 18.9 Å². The summed E-state index contributed by atoms with van der Waals surface area (Å²) in [5, 5.41) is 0.338. The van der Waals surface area contributed by atoms with E-state index in [-0.39, 0.29) is 59.7 Å². The second kappa shape index (κ2) is 11.1. The average molecular weight is 613 g/mol. The third-order valence-corrected chi connectivity index (χ3v) is 7.30. The molecular weight excluding hydrogens is 593 g/mol. The lowest BCUT2D eigenvalue weighted by atomic mass is 10.0. The standard InChI is InChI=1S/C26H19Cl2F4N5O4/c27-18-13-20-23(38)33-14-16(37(20)22(18)28)11-15-4-5-19(29)17(12-15)24(39)35-9-7-34(8-10-35)21-3-1-2-6-36(21)41-25(40)26(30,31)32/h1-6,12-14H,7-11H2/p+1. The lowest BCUT2D eigenvalue weighted by molar-refractivity contribution is -0.860. The van der Waals surface area contributed by atoms with Crippen molar-refractivity contribution in [2.75, 3.05) is 31.1 Å². The number of H-pyrrole nitrogens is 1. The zero-order valence-corrected chi connectivity index (χ0v) is 22.4. The van der Waals surface area contributed by atoms with Crippen LogP contribution in [0.15, 0.2) is 59.7 Å². The van der Waals surface area contributed by atoms with Gasteiger partial charge in [0.15, 0.2) is 0 Å². The van der Waals surface area contributed by atoms with Crippen molar-refractivity contribution in [2.24, 2.45) is 0 Å². The smallest absolute Gasteiger partial charge is 0.331 e. The number of fused-ring (bicyclic) bond motifs is 1. The molecule has 4 heterocycles. The van der Waals surface area contributed by atoms with Gasteiger partial charge in [-0.25, -0.2) is 14.0 Å². The van der Waals surface area contributed by atoms with Crippen LogP contribution < -0.4 is 20.0 Å². The summed E-state index contributed by atoms with van der Waals surface area (Å²) in [6, 6.07) is 9.98. The number of halogens is 6. The van der Waals surface area contributed by atoms with Crippen molar-refractivity contribution in [2.45, 2.75) is 12.6 Å². The third kappa shape index (κ3) is 5.72. The molecule has 4 aromatic rings. The molecule has 5 rings (SSSR count). The number of hydrogen-bond acceptors (Lipinski definition) is 5. The van der Waals surface area contributed by atoms with E-state index in [4.69, 9.17) is 23.2 Å². The summed E-state index contributed by atoms with van der Waals surface area (Å²) >= 11 is 12.4. The third-order valence-electron chi connectivity index (χ3n) is 6.54. The fourth-order valence-corrected chi connectivity index (χ4v) is 5.01. The van der Waals surface area contributed by atoms with E-state index in [2.05, 4.69) is 9.82 Å². The molecule has 0 spiro atoms. The minimum Gasteiger partial charge on any atom is -0.331 e. The molecule has 0 radical (unpaired) electrons. The van der Waals surface area contributed by atoms with Gasteiger partial charge in [-0.15, -0.1) is 0 Å². The van der Waals surface area contributed by atoms with Crippen LogP contribution in [0.2, 0.25) is 10.2 Å². The van der Waals surface area contributed by atoms with Gasteiger partial charge in [-0.05, 0) is 34.6 Å². The number of alkyl halides is 3. The van der Waals surface area contributed by atoms with Crippen molar-refractivity contribution in [1.82, 2.24) is 14.3 Å². The predicted octanol–water partition coefficient (Wildman–Crippen LogP) is 3.43. The van der Waals surface area contributed by atoms with Gasteiger partial charge in [0, 0.05) is 24.4 Å². The molecule has 15 heteroatoms. The van der Waals surface area contributed by atoms with Crippen molar-refractivity contribution in [3.05, 3.63) is 98.0 Å². The zero-order valence-electron chi connectivity index (χ0n) is 20.9. The molecule has 0 bridgehead atoms. The first-order valence-electron chi connectivity index (χ1n) is 12.1. The normalized spacial score (nSPS) is 14.0. The first-order chi connectivity index (χ1) is 19.4. The second-order valence-corrected chi connectivity index (χ2v) is 9.91. The molecule has 0 unspecified atom stereocenters. The minimum absolute atomic E-state index is 0.128. The number of anilines is 1. The summed E-state index contributed by atoms with van der Waals surface area (Å²) in [5.74, 6) is -3.48. The molecule has 1 aliphatic heterocycles. The highest BCUT2D eigenvalue weighted by molar-refractivity contribution is 6.42. The number of aromatic nitrogens is 3. The Morgan fingerprint density at radius 3 is 2.49 bits per heavy atom. The fraction of sp³-hybridized carbons (Fsp3) is 0.231. The number of piperazine rings is 1. The van der Waals surface area contributed by atoms with Crippen LogP contribution in [0.3, 0.4) is 0 Å². The molecule has 214 valence electrons. The summed E-state index contributed by atoms with van der Waals surface area (Å²) < 4.78 is 55.1. The summed E-state index contributed by atoms with van der Waals surface area (Å²) in [7, 11) is 0. The molecule has 1 aromatic carbocycles. The molecule has 0 saturated carbocycles. The monoisotopic (exact) mass is 612 g/mol. The van der Waals surface area contributed by atoms with Crippen LogP contribution in [0.4, 0.5) is 23.4 Å². The SMILES string of the molecule is O=C(c1cc(Cc2c[nH]c(=O)c3cc(Cl)c(Cl)n23)ccc1F)N1CCN(c2cccc[n+]2OC(=O)C(F)(F)F)CC1. The number of carbonyl (C=O) groups excluding carboxylic acids is 2. The van der Waals surface area contributed by atoms with E-state index in [1.807, 2.05) is 0 Å². The Labute approximate surface area is 239 Å². The molecule has 1 saturated heterocycles. The maximum absolute atomic E-state index is 14.8. The highest BCUT2D eigenvalue weighted by atomic mass is 35.5. The number of aromatic amines is 1. The topological polar surface area (TPSA) is 91.0 Å². The number of nitrogens with zero attached hydrogens (tertiary/aromatic N) is 4. The maximum atomic E-state index is 14.8. The number of amides is 1. The Bertz CT molecular complexity index is 1710. The Hall–Kier alpha value is -4.10. The van der Waals surface area contributed by atoms with Gasteiger partial charge in [-0.2, -0.15) is 13.2 Å². The van der Waals surface area contributed by atoms with Crippen LogP contribution in [-0.4, -0.2) is 58.5 Å². The van der Waals surface area contributed by atoms with E-state index in [0.717, 1.165) is 0 Å². The molecule has 0 atom stereocenters. The van der Waals surface area contributed by atoms with Gasteiger partial charge < -0.3 is 9.88 Å². The number of nitrogens with one attached hydrogen (secondary N) is 1. The van der Waals surface area contributed by atoms with E-state index in [0.29, 0.717) is 16.0 Å². The molecule has 0 aliphatic carbocycles. The van der Waals surface area contributed by atoms with Gasteiger partial charge in [-0.1, -0.05) is 35.3 Å². The Kier molecular flexibility index (Phi) is 7.66. The quantitative estimate of drug-likeness (QED) is 0.275. The number of hydrogen-bond donors (Lipinski definition) is 1. The average Bonchev–Trinajstić information content (AvgIpc) is 3.25. The molecule has 3 aromatic heterocycles. The fourth-order valence-electron chi connectivity index (χ4n) is 4.57. The Balaban J connectivity index is 1.32. The van der Waals surface area contributed by atoms with Gasteiger partial charge in [0.25, 0.3) is 11.5 Å². The highest BCUT2D eigenvalue weighted by Crippen LogP contribution is 2.27.